The van der Waals surface area contributed by atoms with Crippen molar-refractivity contribution in [1.29, 1.82) is 5.26 Å². The lowest BCUT2D eigenvalue weighted by molar-refractivity contribution is -0.384. The maximum atomic E-state index is 13.7. The molecule has 13 heteroatoms. The molecule has 2 amide bonds. The van der Waals surface area contributed by atoms with Gasteiger partial charge in [-0.05, 0) is 77.1 Å². The summed E-state index contributed by atoms with van der Waals surface area (Å²) in [6.07, 6.45) is 3.57. The topological polar surface area (TPSA) is 181 Å². The van der Waals surface area contributed by atoms with Crippen LogP contribution in [0.5, 0.6) is 5.75 Å². The van der Waals surface area contributed by atoms with Crippen LogP contribution in [-0.4, -0.2) is 37.2 Å². The first-order valence-corrected chi connectivity index (χ1v) is 19.3. The third kappa shape index (κ3) is 10.3. The van der Waals surface area contributed by atoms with Crippen molar-refractivity contribution in [3.63, 3.8) is 0 Å². The molecule has 0 spiro atoms. The van der Waals surface area contributed by atoms with Gasteiger partial charge in [-0.2, -0.15) is 5.26 Å². The molecule has 5 aromatic rings. The molecule has 0 radical (unpaired) electrons. The average Bonchev–Trinajstić information content (AvgIpc) is 3.71. The molecule has 5 aromatic carbocycles. The summed E-state index contributed by atoms with van der Waals surface area (Å²) in [5, 5.41) is 26.8. The minimum Gasteiger partial charge on any atom is -0.489 e. The van der Waals surface area contributed by atoms with Crippen LogP contribution < -0.4 is 20.1 Å². The second-order valence-corrected chi connectivity index (χ2v) is 15.0. The molecule has 1 fully saturated rings. The molecule has 12 nitrogen and oxygen atoms in total. The third-order valence-electron chi connectivity index (χ3n) is 9.36. The van der Waals surface area contributed by atoms with E-state index in [4.69, 9.17) is 10.00 Å². The Morgan fingerprint density at radius 2 is 1.47 bits per heavy atom. The van der Waals surface area contributed by atoms with Crippen molar-refractivity contribution >= 4 is 33.2 Å². The molecular weight excluding hydrogens is 719 g/mol. The Morgan fingerprint density at radius 3 is 2.13 bits per heavy atom. The SMILES string of the molecule is N#Cc1ccc(COc2ccc(C[C@H](NC(=O)Cc3ccc(-c4ccccc4)cc3)C(=O)NS(=O)(=O)c3ccc(NC4CCCC4)c([N+](=O)[O-])c3)cc2)cc1. The number of anilines is 1. The fraction of sp³-hybridized carbons (Fsp3) is 0.214. The molecule has 1 saturated carbocycles. The fourth-order valence-electron chi connectivity index (χ4n) is 6.39. The van der Waals surface area contributed by atoms with Crippen LogP contribution in [0.4, 0.5) is 11.4 Å². The number of hydrogen-bond donors (Lipinski definition) is 3. The van der Waals surface area contributed by atoms with Crippen molar-refractivity contribution in [2.24, 2.45) is 0 Å². The highest BCUT2D eigenvalue weighted by molar-refractivity contribution is 7.90. The molecule has 0 saturated heterocycles. The standard InChI is InChI=1S/C42H39N5O7S/c43-27-31-10-12-32(13-11-31)28-54-36-20-16-29(17-21-36)24-39(45-41(48)25-30-14-18-34(19-15-30)33-6-2-1-3-7-33)42(49)46-55(52,53)37-22-23-38(40(26-37)47(50)51)44-35-8-4-5-9-35/h1-3,6-7,10-23,26,35,39,44H,4-5,8-9,24-25,28H2,(H,45,48)(H,46,49)/t39-/m0/s1. The molecule has 0 aromatic heterocycles. The van der Waals surface area contributed by atoms with Crippen molar-refractivity contribution in [2.75, 3.05) is 5.32 Å². The van der Waals surface area contributed by atoms with Gasteiger partial charge in [-0.15, -0.1) is 0 Å². The maximum absolute atomic E-state index is 13.7. The van der Waals surface area contributed by atoms with Gasteiger partial charge in [0.1, 0.15) is 24.1 Å². The smallest absolute Gasteiger partial charge is 0.293 e. The fourth-order valence-corrected chi connectivity index (χ4v) is 7.43. The van der Waals surface area contributed by atoms with Crippen LogP contribution in [-0.2, 0) is 39.1 Å². The van der Waals surface area contributed by atoms with Crippen molar-refractivity contribution < 1.29 is 27.7 Å². The Labute approximate surface area is 319 Å². The van der Waals surface area contributed by atoms with E-state index in [2.05, 4.69) is 16.7 Å². The lowest BCUT2D eigenvalue weighted by atomic mass is 10.0. The van der Waals surface area contributed by atoms with Gasteiger partial charge in [-0.25, -0.2) is 13.1 Å². The minimum absolute atomic E-state index is 0.0511. The van der Waals surface area contributed by atoms with Crippen molar-refractivity contribution in [3.05, 3.63) is 154 Å². The molecule has 280 valence electrons. The highest BCUT2D eigenvalue weighted by atomic mass is 32.2. The highest BCUT2D eigenvalue weighted by Gasteiger charge is 2.29. The lowest BCUT2D eigenvalue weighted by Crippen LogP contribution is -2.49. The minimum atomic E-state index is -4.59. The molecule has 1 aliphatic carbocycles. The molecule has 0 aliphatic heterocycles. The molecule has 0 bridgehead atoms. The Kier molecular flexibility index (Phi) is 12.2. The van der Waals surface area contributed by atoms with E-state index in [1.54, 1.807) is 48.5 Å². The van der Waals surface area contributed by atoms with Gasteiger partial charge >= 0.3 is 0 Å². The molecule has 1 atom stereocenters. The number of sulfonamides is 1. The molecule has 1 aliphatic rings. The Balaban J connectivity index is 1.17. The van der Waals surface area contributed by atoms with Crippen LogP contribution in [0.25, 0.3) is 11.1 Å². The zero-order valence-corrected chi connectivity index (χ0v) is 30.6. The number of carbonyl (C=O) groups excluding carboxylic acids is 2. The zero-order chi connectivity index (χ0) is 38.8. The number of amides is 2. The Bertz CT molecular complexity index is 2290. The number of nitriles is 1. The van der Waals surface area contributed by atoms with Gasteiger partial charge in [0.2, 0.25) is 5.91 Å². The largest absolute Gasteiger partial charge is 0.489 e. The van der Waals surface area contributed by atoms with E-state index >= 15 is 0 Å². The number of rotatable bonds is 15. The van der Waals surface area contributed by atoms with Crippen molar-refractivity contribution in [3.8, 4) is 22.9 Å². The summed E-state index contributed by atoms with van der Waals surface area (Å²) in [5.74, 6) is -0.984. The Morgan fingerprint density at radius 1 is 0.836 bits per heavy atom. The number of hydrogen-bond acceptors (Lipinski definition) is 9. The van der Waals surface area contributed by atoms with E-state index in [0.29, 0.717) is 22.4 Å². The van der Waals surface area contributed by atoms with E-state index < -0.39 is 43.4 Å². The second-order valence-electron chi connectivity index (χ2n) is 13.3. The van der Waals surface area contributed by atoms with Crippen LogP contribution in [0, 0.1) is 21.4 Å². The predicted octanol–water partition coefficient (Wildman–Crippen LogP) is 6.84. The molecule has 55 heavy (non-hydrogen) atoms. The van der Waals surface area contributed by atoms with E-state index in [-0.39, 0.29) is 31.2 Å². The normalized spacial score (nSPS) is 13.3. The second kappa shape index (κ2) is 17.5. The summed E-state index contributed by atoms with van der Waals surface area (Å²) in [5.41, 5.74) is 4.47. The van der Waals surface area contributed by atoms with E-state index in [1.807, 2.05) is 59.3 Å². The van der Waals surface area contributed by atoms with Crippen molar-refractivity contribution in [1.82, 2.24) is 10.0 Å². The number of nitro groups is 1. The first-order chi connectivity index (χ1) is 26.6. The predicted molar refractivity (Wildman–Crippen MR) is 207 cm³/mol. The summed E-state index contributed by atoms with van der Waals surface area (Å²) in [7, 11) is -4.59. The number of ether oxygens (including phenoxy) is 1. The zero-order valence-electron chi connectivity index (χ0n) is 29.8. The summed E-state index contributed by atoms with van der Waals surface area (Å²) >= 11 is 0. The molecule has 0 unspecified atom stereocenters. The highest BCUT2D eigenvalue weighted by Crippen LogP contribution is 2.31. The van der Waals surface area contributed by atoms with Gasteiger partial charge in [0.05, 0.1) is 27.9 Å². The first kappa shape index (κ1) is 38.2. The Hall–Kier alpha value is -6.52. The van der Waals surface area contributed by atoms with E-state index in [1.165, 1.54) is 12.1 Å². The van der Waals surface area contributed by atoms with Crippen LogP contribution in [0.2, 0.25) is 0 Å². The van der Waals surface area contributed by atoms with Gasteiger partial charge in [0.15, 0.2) is 0 Å². The van der Waals surface area contributed by atoms with Gasteiger partial charge in [0.25, 0.3) is 21.6 Å². The van der Waals surface area contributed by atoms with E-state index in [9.17, 15) is 28.1 Å². The summed E-state index contributed by atoms with van der Waals surface area (Å²) in [6.45, 7) is 0.256. The van der Waals surface area contributed by atoms with Gasteiger partial charge < -0.3 is 15.4 Å². The van der Waals surface area contributed by atoms with Gasteiger partial charge in [-0.1, -0.05) is 91.7 Å². The summed E-state index contributed by atoms with van der Waals surface area (Å²) in [6, 6.07) is 35.2. The third-order valence-corrected chi connectivity index (χ3v) is 10.7. The van der Waals surface area contributed by atoms with Crippen LogP contribution in [0.1, 0.15) is 47.9 Å². The first-order valence-electron chi connectivity index (χ1n) is 17.8. The number of benzene rings is 5. The van der Waals surface area contributed by atoms with Crippen LogP contribution in [0.3, 0.4) is 0 Å². The molecular formula is C42H39N5O7S. The van der Waals surface area contributed by atoms with Crippen LogP contribution in [0.15, 0.2) is 126 Å². The maximum Gasteiger partial charge on any atom is 0.293 e. The van der Waals surface area contributed by atoms with Crippen molar-refractivity contribution in [2.45, 2.75) is 62.1 Å². The quantitative estimate of drug-likeness (QED) is 0.0761. The number of nitrogens with zero attached hydrogens (tertiary/aromatic N) is 2. The monoisotopic (exact) mass is 757 g/mol. The number of nitrogens with one attached hydrogen (secondary N) is 3. The van der Waals surface area contributed by atoms with E-state index in [0.717, 1.165) is 48.4 Å². The van der Waals surface area contributed by atoms with Gasteiger partial charge in [-0.3, -0.25) is 19.7 Å². The summed E-state index contributed by atoms with van der Waals surface area (Å²) < 4.78 is 34.9. The number of nitro benzene ring substituents is 1. The molecule has 3 N–H and O–H groups in total. The molecule has 0 heterocycles. The molecule has 6 rings (SSSR count). The summed E-state index contributed by atoms with van der Waals surface area (Å²) in [4.78, 5) is 37.9. The average molecular weight is 758 g/mol. The van der Waals surface area contributed by atoms with Gasteiger partial charge in [0, 0.05) is 18.5 Å². The number of carbonyl (C=O) groups is 2. The lowest BCUT2D eigenvalue weighted by Gasteiger charge is -2.19. The van der Waals surface area contributed by atoms with Crippen LogP contribution >= 0.6 is 0 Å².